The van der Waals surface area contributed by atoms with E-state index in [1.165, 1.54) is 0 Å². The number of ether oxygens (including phenoxy) is 2. The van der Waals surface area contributed by atoms with Crippen molar-refractivity contribution in [2.45, 2.75) is 25.6 Å². The van der Waals surface area contributed by atoms with Gasteiger partial charge in [-0.25, -0.2) is 0 Å². The van der Waals surface area contributed by atoms with Gasteiger partial charge in [-0.2, -0.15) is 5.10 Å². The second-order valence-electron chi connectivity index (χ2n) is 6.32. The highest BCUT2D eigenvalue weighted by Gasteiger charge is 2.26. The van der Waals surface area contributed by atoms with E-state index in [1.807, 2.05) is 47.1 Å². The van der Waals surface area contributed by atoms with E-state index in [4.69, 9.17) is 9.47 Å². The lowest BCUT2D eigenvalue weighted by Gasteiger charge is -2.12. The molecule has 1 N–H and O–H groups in total. The first-order valence-electron chi connectivity index (χ1n) is 8.76. The number of para-hydroxylation sites is 1. The molecule has 1 amide bonds. The molecule has 7 heteroatoms. The van der Waals surface area contributed by atoms with Gasteiger partial charge in [0.15, 0.2) is 0 Å². The van der Waals surface area contributed by atoms with Crippen LogP contribution in [0.3, 0.4) is 0 Å². The second-order valence-corrected chi connectivity index (χ2v) is 6.32. The van der Waals surface area contributed by atoms with E-state index >= 15 is 0 Å². The third-order valence-corrected chi connectivity index (χ3v) is 4.49. The molecule has 4 rings (SSSR count). The van der Waals surface area contributed by atoms with E-state index in [1.54, 1.807) is 19.5 Å². The Bertz CT molecular complexity index is 916. The molecule has 2 aromatic heterocycles. The Morgan fingerprint density at radius 2 is 2.07 bits per heavy atom. The van der Waals surface area contributed by atoms with Crippen molar-refractivity contribution in [2.75, 3.05) is 7.11 Å². The van der Waals surface area contributed by atoms with E-state index < -0.39 is 0 Å². The van der Waals surface area contributed by atoms with Gasteiger partial charge in [0.25, 0.3) is 5.91 Å². The Hall–Kier alpha value is -3.35. The van der Waals surface area contributed by atoms with Gasteiger partial charge in [-0.1, -0.05) is 18.2 Å². The molecule has 0 spiro atoms. The lowest BCUT2D eigenvalue weighted by atomic mass is 10.2. The van der Waals surface area contributed by atoms with Crippen molar-refractivity contribution >= 4 is 5.91 Å². The van der Waals surface area contributed by atoms with E-state index in [-0.39, 0.29) is 12.0 Å². The molecule has 7 nitrogen and oxygen atoms in total. The second kappa shape index (κ2) is 7.49. The number of rotatable bonds is 6. The molecule has 0 aliphatic carbocycles. The van der Waals surface area contributed by atoms with Crippen molar-refractivity contribution in [3.05, 3.63) is 71.8 Å². The molecule has 3 aromatic rings. The monoisotopic (exact) mass is 364 g/mol. The number of fused-ring (bicyclic) bond motifs is 1. The highest BCUT2D eigenvalue weighted by molar-refractivity contribution is 5.92. The van der Waals surface area contributed by atoms with Gasteiger partial charge >= 0.3 is 0 Å². The van der Waals surface area contributed by atoms with Crippen LogP contribution in [0.15, 0.2) is 54.9 Å². The van der Waals surface area contributed by atoms with Gasteiger partial charge in [-0.05, 0) is 24.3 Å². The Kier molecular flexibility index (Phi) is 4.74. The number of methoxy groups -OCH3 is 1. The molecule has 0 radical (unpaired) electrons. The van der Waals surface area contributed by atoms with E-state index in [0.29, 0.717) is 18.8 Å². The largest absolute Gasteiger partial charge is 0.496 e. The van der Waals surface area contributed by atoms with Gasteiger partial charge < -0.3 is 14.8 Å². The molecule has 1 aliphatic rings. The lowest BCUT2D eigenvalue weighted by Crippen LogP contribution is -2.24. The van der Waals surface area contributed by atoms with Crippen LogP contribution in [0.5, 0.6) is 11.5 Å². The van der Waals surface area contributed by atoms with Crippen LogP contribution in [0.4, 0.5) is 0 Å². The first-order chi connectivity index (χ1) is 13.2. The maximum atomic E-state index is 12.4. The van der Waals surface area contributed by atoms with E-state index in [2.05, 4.69) is 15.4 Å². The number of nitrogens with zero attached hydrogens (tertiary/aromatic N) is 3. The number of benzene rings is 1. The number of carbonyl (C=O) groups is 1. The fourth-order valence-corrected chi connectivity index (χ4v) is 3.18. The zero-order valence-corrected chi connectivity index (χ0v) is 15.0. The van der Waals surface area contributed by atoms with Crippen LogP contribution in [0.1, 0.15) is 21.7 Å². The summed E-state index contributed by atoms with van der Waals surface area (Å²) >= 11 is 0. The van der Waals surface area contributed by atoms with Crippen LogP contribution >= 0.6 is 0 Å². The quantitative estimate of drug-likeness (QED) is 0.726. The SMILES string of the molecule is COc1ccccc1CNC(=O)c1cc2n(n1)C[C@@H](Oc1ccncc1)C2. The van der Waals surface area contributed by atoms with Crippen LogP contribution in [0.2, 0.25) is 0 Å². The van der Waals surface area contributed by atoms with Crippen molar-refractivity contribution in [3.8, 4) is 11.5 Å². The zero-order chi connectivity index (χ0) is 18.6. The number of aromatic nitrogens is 3. The number of pyridine rings is 1. The molecule has 0 bridgehead atoms. The first kappa shape index (κ1) is 17.1. The number of nitrogens with one attached hydrogen (secondary N) is 1. The van der Waals surface area contributed by atoms with Crippen LogP contribution in [0.25, 0.3) is 0 Å². The molecule has 27 heavy (non-hydrogen) atoms. The summed E-state index contributed by atoms with van der Waals surface area (Å²) < 4.78 is 13.1. The normalized spacial score (nSPS) is 15.2. The number of hydrogen-bond acceptors (Lipinski definition) is 5. The standard InChI is InChI=1S/C20H20N4O3/c1-26-19-5-3-2-4-14(19)12-22-20(25)18-11-15-10-17(13-24(15)23-18)27-16-6-8-21-9-7-16/h2-9,11,17H,10,12-13H2,1H3,(H,22,25)/t17-/m0/s1. The predicted octanol–water partition coefficient (Wildman–Crippen LogP) is 2.22. The molecule has 3 heterocycles. The van der Waals surface area contributed by atoms with Crippen molar-refractivity contribution < 1.29 is 14.3 Å². The molecule has 0 saturated carbocycles. The highest BCUT2D eigenvalue weighted by atomic mass is 16.5. The minimum absolute atomic E-state index is 0.0144. The summed E-state index contributed by atoms with van der Waals surface area (Å²) in [6, 6.07) is 13.1. The van der Waals surface area contributed by atoms with Crippen molar-refractivity contribution in [3.63, 3.8) is 0 Å². The van der Waals surface area contributed by atoms with Crippen molar-refractivity contribution in [2.24, 2.45) is 0 Å². The Balaban J connectivity index is 1.36. The average Bonchev–Trinajstić information content (AvgIpc) is 3.26. The predicted molar refractivity (Wildman–Crippen MR) is 98.7 cm³/mol. The minimum atomic E-state index is -0.200. The average molecular weight is 364 g/mol. The Morgan fingerprint density at radius 3 is 2.85 bits per heavy atom. The van der Waals surface area contributed by atoms with E-state index in [0.717, 1.165) is 29.2 Å². The lowest BCUT2D eigenvalue weighted by molar-refractivity contribution is 0.0944. The van der Waals surface area contributed by atoms with Crippen molar-refractivity contribution in [1.82, 2.24) is 20.1 Å². The number of hydrogen-bond donors (Lipinski definition) is 1. The van der Waals surface area contributed by atoms with Crippen LogP contribution in [-0.2, 0) is 19.5 Å². The van der Waals surface area contributed by atoms with Gasteiger partial charge in [-0.3, -0.25) is 14.5 Å². The maximum Gasteiger partial charge on any atom is 0.272 e. The molecular weight excluding hydrogens is 344 g/mol. The topological polar surface area (TPSA) is 78.3 Å². The van der Waals surface area contributed by atoms with Gasteiger partial charge in [0, 0.05) is 36.6 Å². The van der Waals surface area contributed by atoms with Crippen LogP contribution in [0, 0.1) is 0 Å². The zero-order valence-electron chi connectivity index (χ0n) is 15.0. The summed E-state index contributed by atoms with van der Waals surface area (Å²) in [5.74, 6) is 1.34. The van der Waals surface area contributed by atoms with E-state index in [9.17, 15) is 4.79 Å². The van der Waals surface area contributed by atoms with Gasteiger partial charge in [-0.15, -0.1) is 0 Å². The number of carbonyl (C=O) groups excluding carboxylic acids is 1. The molecular formula is C20H20N4O3. The molecule has 1 atom stereocenters. The van der Waals surface area contributed by atoms with Gasteiger partial charge in [0.1, 0.15) is 23.3 Å². The smallest absolute Gasteiger partial charge is 0.272 e. The fraction of sp³-hybridized carbons (Fsp3) is 0.250. The van der Waals surface area contributed by atoms with Crippen LogP contribution in [-0.4, -0.2) is 33.9 Å². The Labute approximate surface area is 156 Å². The summed E-state index contributed by atoms with van der Waals surface area (Å²) in [6.07, 6.45) is 4.13. The maximum absolute atomic E-state index is 12.4. The highest BCUT2D eigenvalue weighted by Crippen LogP contribution is 2.21. The molecule has 1 aliphatic heterocycles. The van der Waals surface area contributed by atoms with Crippen molar-refractivity contribution in [1.29, 1.82) is 0 Å². The fourth-order valence-electron chi connectivity index (χ4n) is 3.18. The molecule has 1 aromatic carbocycles. The number of amides is 1. The third-order valence-electron chi connectivity index (χ3n) is 4.49. The third kappa shape index (κ3) is 3.76. The molecule has 138 valence electrons. The van der Waals surface area contributed by atoms with Gasteiger partial charge in [0.2, 0.25) is 0 Å². The van der Waals surface area contributed by atoms with Gasteiger partial charge in [0.05, 0.1) is 13.7 Å². The summed E-state index contributed by atoms with van der Waals surface area (Å²) in [4.78, 5) is 16.4. The summed E-state index contributed by atoms with van der Waals surface area (Å²) in [6.45, 7) is 1.01. The molecule has 0 saturated heterocycles. The Morgan fingerprint density at radius 1 is 1.26 bits per heavy atom. The first-order valence-corrected chi connectivity index (χ1v) is 8.76. The summed E-state index contributed by atoms with van der Waals surface area (Å²) in [5.41, 5.74) is 2.34. The molecule has 0 fully saturated rings. The summed E-state index contributed by atoms with van der Waals surface area (Å²) in [7, 11) is 1.62. The van der Waals surface area contributed by atoms with Crippen LogP contribution < -0.4 is 14.8 Å². The minimum Gasteiger partial charge on any atom is -0.496 e. The molecule has 0 unspecified atom stereocenters. The summed E-state index contributed by atoms with van der Waals surface area (Å²) in [5, 5.41) is 7.32.